The molecule has 3 aromatic rings. The molecule has 7 nitrogen and oxygen atoms in total. The Morgan fingerprint density at radius 3 is 2.39 bits per heavy atom. The number of carbonyl (C=O) groups excluding carboxylic acids is 1. The summed E-state index contributed by atoms with van der Waals surface area (Å²) in [6, 6.07) is 18.6. The predicted octanol–water partition coefficient (Wildman–Crippen LogP) is 2.98. The lowest BCUT2D eigenvalue weighted by Gasteiger charge is -2.39. The Bertz CT molecular complexity index is 1240. The zero-order chi connectivity index (χ0) is 22.8. The van der Waals surface area contributed by atoms with Crippen LogP contribution in [0, 0.1) is 5.92 Å². The van der Waals surface area contributed by atoms with Crippen molar-refractivity contribution in [3.05, 3.63) is 66.9 Å². The molecule has 0 radical (unpaired) electrons. The van der Waals surface area contributed by atoms with Crippen molar-refractivity contribution in [3.63, 3.8) is 0 Å². The molecule has 2 fully saturated rings. The van der Waals surface area contributed by atoms with Gasteiger partial charge >= 0.3 is 0 Å². The van der Waals surface area contributed by atoms with E-state index in [0.717, 1.165) is 36.1 Å². The van der Waals surface area contributed by atoms with Gasteiger partial charge in [0.1, 0.15) is 0 Å². The van der Waals surface area contributed by atoms with Crippen molar-refractivity contribution < 1.29 is 13.2 Å². The van der Waals surface area contributed by atoms with E-state index in [1.54, 1.807) is 30.3 Å². The van der Waals surface area contributed by atoms with Crippen molar-refractivity contribution in [2.75, 3.05) is 44.2 Å². The number of carbonyl (C=O) groups is 1. The average molecular weight is 465 g/mol. The Hall–Kier alpha value is -2.97. The van der Waals surface area contributed by atoms with Crippen LogP contribution in [0.1, 0.15) is 12.8 Å². The van der Waals surface area contributed by atoms with E-state index in [0.29, 0.717) is 26.1 Å². The standard InChI is InChI=1S/C25H28N4O3S/c30-25(20-7-6-14-29(19-20)33(31,32)21-8-2-1-3-9-21)28-17-15-27(16-18-28)24-12-13-26-23-11-5-4-10-22(23)24/h1-5,8-13,20H,6-7,14-19H2. The zero-order valence-electron chi connectivity index (χ0n) is 18.5. The quantitative estimate of drug-likeness (QED) is 0.594. The maximum atomic E-state index is 13.3. The van der Waals surface area contributed by atoms with E-state index in [4.69, 9.17) is 0 Å². The first-order valence-corrected chi connectivity index (χ1v) is 12.9. The van der Waals surface area contributed by atoms with E-state index >= 15 is 0 Å². The van der Waals surface area contributed by atoms with Gasteiger partial charge in [0.25, 0.3) is 0 Å². The predicted molar refractivity (Wildman–Crippen MR) is 128 cm³/mol. The van der Waals surface area contributed by atoms with Crippen LogP contribution in [-0.4, -0.2) is 67.8 Å². The van der Waals surface area contributed by atoms with Crippen molar-refractivity contribution in [2.45, 2.75) is 17.7 Å². The second-order valence-electron chi connectivity index (χ2n) is 8.67. The normalized spacial score (nSPS) is 20.2. The third kappa shape index (κ3) is 4.32. The van der Waals surface area contributed by atoms with E-state index in [2.05, 4.69) is 16.0 Å². The van der Waals surface area contributed by atoms with Gasteiger partial charge in [-0.05, 0) is 37.1 Å². The summed E-state index contributed by atoms with van der Waals surface area (Å²) in [6.07, 6.45) is 3.26. The van der Waals surface area contributed by atoms with Crippen LogP contribution in [0.5, 0.6) is 0 Å². The maximum Gasteiger partial charge on any atom is 0.243 e. The zero-order valence-corrected chi connectivity index (χ0v) is 19.3. The van der Waals surface area contributed by atoms with E-state index in [-0.39, 0.29) is 23.3 Å². The first-order chi connectivity index (χ1) is 16.0. The number of rotatable bonds is 4. The largest absolute Gasteiger partial charge is 0.367 e. The first kappa shape index (κ1) is 21.9. The van der Waals surface area contributed by atoms with Crippen LogP contribution in [0.15, 0.2) is 71.8 Å². The number of benzene rings is 2. The molecular formula is C25H28N4O3S. The molecule has 3 heterocycles. The van der Waals surface area contributed by atoms with Gasteiger partial charge < -0.3 is 9.80 Å². The van der Waals surface area contributed by atoms with Gasteiger partial charge in [-0.25, -0.2) is 8.42 Å². The fraction of sp³-hybridized carbons (Fsp3) is 0.360. The lowest BCUT2D eigenvalue weighted by atomic mass is 9.97. The van der Waals surface area contributed by atoms with Gasteiger partial charge in [0.2, 0.25) is 15.9 Å². The van der Waals surface area contributed by atoms with Crippen LogP contribution in [0.2, 0.25) is 0 Å². The Morgan fingerprint density at radius 1 is 0.879 bits per heavy atom. The van der Waals surface area contributed by atoms with Gasteiger partial charge in [0.15, 0.2) is 0 Å². The molecule has 1 atom stereocenters. The topological polar surface area (TPSA) is 73.8 Å². The minimum atomic E-state index is -3.58. The van der Waals surface area contributed by atoms with E-state index in [1.807, 2.05) is 35.4 Å². The molecule has 5 rings (SSSR count). The molecule has 0 spiro atoms. The molecule has 1 unspecified atom stereocenters. The number of nitrogens with zero attached hydrogens (tertiary/aromatic N) is 4. The second-order valence-corrected chi connectivity index (χ2v) is 10.6. The van der Waals surface area contributed by atoms with Crippen molar-refractivity contribution in [1.29, 1.82) is 0 Å². The second kappa shape index (κ2) is 9.11. The Balaban J connectivity index is 1.24. The summed E-state index contributed by atoms with van der Waals surface area (Å²) < 4.78 is 27.5. The van der Waals surface area contributed by atoms with Crippen LogP contribution in [0.25, 0.3) is 10.9 Å². The first-order valence-electron chi connectivity index (χ1n) is 11.5. The summed E-state index contributed by atoms with van der Waals surface area (Å²) in [5.74, 6) is -0.215. The lowest BCUT2D eigenvalue weighted by Crippen LogP contribution is -2.53. The molecule has 0 saturated carbocycles. The summed E-state index contributed by atoms with van der Waals surface area (Å²) in [5.41, 5.74) is 2.11. The highest BCUT2D eigenvalue weighted by molar-refractivity contribution is 7.89. The molecule has 172 valence electrons. The van der Waals surface area contributed by atoms with Gasteiger partial charge in [-0.15, -0.1) is 0 Å². The number of amides is 1. The van der Waals surface area contributed by atoms with Crippen LogP contribution >= 0.6 is 0 Å². The highest BCUT2D eigenvalue weighted by Crippen LogP contribution is 2.28. The number of hydrogen-bond donors (Lipinski definition) is 0. The van der Waals surface area contributed by atoms with E-state index < -0.39 is 10.0 Å². The number of para-hydroxylation sites is 1. The molecule has 2 aliphatic heterocycles. The summed E-state index contributed by atoms with van der Waals surface area (Å²) in [6.45, 7) is 3.49. The molecular weight excluding hydrogens is 436 g/mol. The molecule has 2 aliphatic rings. The van der Waals surface area contributed by atoms with Gasteiger partial charge in [-0.2, -0.15) is 4.31 Å². The van der Waals surface area contributed by atoms with Gasteiger partial charge in [0, 0.05) is 56.5 Å². The Kier molecular flexibility index (Phi) is 6.03. The van der Waals surface area contributed by atoms with Crippen LogP contribution in [0.3, 0.4) is 0 Å². The Labute approximate surface area is 194 Å². The molecule has 0 bridgehead atoms. The molecule has 0 aliphatic carbocycles. The van der Waals surface area contributed by atoms with Crippen molar-refractivity contribution >= 4 is 32.5 Å². The molecule has 0 N–H and O–H groups in total. The van der Waals surface area contributed by atoms with E-state index in [1.165, 1.54) is 4.31 Å². The van der Waals surface area contributed by atoms with Crippen molar-refractivity contribution in [3.8, 4) is 0 Å². The van der Waals surface area contributed by atoms with Crippen LogP contribution in [-0.2, 0) is 14.8 Å². The van der Waals surface area contributed by atoms with E-state index in [9.17, 15) is 13.2 Å². The number of aromatic nitrogens is 1. The third-order valence-corrected chi connectivity index (χ3v) is 8.55. The summed E-state index contributed by atoms with van der Waals surface area (Å²) in [5, 5.41) is 1.12. The van der Waals surface area contributed by atoms with Crippen LogP contribution < -0.4 is 4.90 Å². The molecule has 1 aromatic heterocycles. The van der Waals surface area contributed by atoms with Gasteiger partial charge in [-0.1, -0.05) is 36.4 Å². The molecule has 2 aromatic carbocycles. The fourth-order valence-corrected chi connectivity index (χ4v) is 6.43. The highest BCUT2D eigenvalue weighted by Gasteiger charge is 2.35. The minimum absolute atomic E-state index is 0.0715. The number of fused-ring (bicyclic) bond motifs is 1. The van der Waals surface area contributed by atoms with Crippen molar-refractivity contribution in [1.82, 2.24) is 14.2 Å². The number of hydrogen-bond acceptors (Lipinski definition) is 5. The van der Waals surface area contributed by atoms with Gasteiger partial charge in [-0.3, -0.25) is 9.78 Å². The van der Waals surface area contributed by atoms with Crippen LogP contribution in [0.4, 0.5) is 5.69 Å². The SMILES string of the molecule is O=C(C1CCCN(S(=O)(=O)c2ccccc2)C1)N1CCN(c2ccnc3ccccc23)CC1. The summed E-state index contributed by atoms with van der Waals surface area (Å²) in [4.78, 5) is 22.2. The molecule has 1 amide bonds. The number of piperidine rings is 1. The Morgan fingerprint density at radius 2 is 1.61 bits per heavy atom. The minimum Gasteiger partial charge on any atom is -0.367 e. The summed E-state index contributed by atoms with van der Waals surface area (Å²) in [7, 11) is -3.58. The maximum absolute atomic E-state index is 13.3. The molecule has 33 heavy (non-hydrogen) atoms. The third-order valence-electron chi connectivity index (χ3n) is 6.67. The fourth-order valence-electron chi connectivity index (χ4n) is 4.89. The smallest absolute Gasteiger partial charge is 0.243 e. The molecule has 8 heteroatoms. The monoisotopic (exact) mass is 464 g/mol. The average Bonchev–Trinajstić information content (AvgIpc) is 2.88. The number of sulfonamides is 1. The molecule has 2 saturated heterocycles. The number of anilines is 1. The summed E-state index contributed by atoms with van der Waals surface area (Å²) >= 11 is 0. The number of pyridine rings is 1. The number of piperazine rings is 1. The van der Waals surface area contributed by atoms with Crippen molar-refractivity contribution in [2.24, 2.45) is 5.92 Å². The van der Waals surface area contributed by atoms with Gasteiger partial charge in [0.05, 0.1) is 16.3 Å². The highest BCUT2D eigenvalue weighted by atomic mass is 32.2. The lowest BCUT2D eigenvalue weighted by molar-refractivity contribution is -0.137.